The van der Waals surface area contributed by atoms with Crippen LogP contribution in [0.3, 0.4) is 0 Å². The number of ether oxygens (including phenoxy) is 1. The molecule has 3 aromatic rings. The van der Waals surface area contributed by atoms with Gasteiger partial charge in [0.15, 0.2) is 5.13 Å². The van der Waals surface area contributed by atoms with Crippen molar-refractivity contribution in [3.63, 3.8) is 0 Å². The zero-order chi connectivity index (χ0) is 21.4. The molecule has 8 heteroatoms. The van der Waals surface area contributed by atoms with Gasteiger partial charge in [0.1, 0.15) is 11.5 Å². The van der Waals surface area contributed by atoms with Crippen LogP contribution < -0.4 is 9.64 Å². The van der Waals surface area contributed by atoms with Crippen LogP contribution in [0.15, 0.2) is 59.6 Å². The van der Waals surface area contributed by atoms with Crippen LogP contribution in [0.1, 0.15) is 22.7 Å². The van der Waals surface area contributed by atoms with Crippen molar-refractivity contribution in [2.45, 2.75) is 13.0 Å². The number of carbonyl (C=O) groups excluding carboxylic acids is 2. The van der Waals surface area contributed by atoms with Gasteiger partial charge in [0.25, 0.3) is 5.78 Å². The van der Waals surface area contributed by atoms with Crippen LogP contribution in [0.2, 0.25) is 5.02 Å². The van der Waals surface area contributed by atoms with Crippen LogP contribution in [0.25, 0.3) is 5.76 Å². The second kappa shape index (κ2) is 7.93. The number of anilines is 1. The van der Waals surface area contributed by atoms with E-state index >= 15 is 0 Å². The Hall–Kier alpha value is -3.16. The van der Waals surface area contributed by atoms with E-state index in [1.54, 1.807) is 61.2 Å². The van der Waals surface area contributed by atoms with Crippen molar-refractivity contribution < 1.29 is 19.4 Å². The number of aliphatic hydroxyl groups excluding tert-OH is 1. The Kier molecular flexibility index (Phi) is 5.32. The van der Waals surface area contributed by atoms with Crippen LogP contribution in [-0.2, 0) is 9.59 Å². The molecular weight excluding hydrogens is 424 g/mol. The van der Waals surface area contributed by atoms with Crippen molar-refractivity contribution in [3.05, 3.63) is 81.3 Å². The van der Waals surface area contributed by atoms with Crippen LogP contribution >= 0.6 is 22.9 Å². The number of aliphatic hydroxyl groups is 1. The Morgan fingerprint density at radius 3 is 2.67 bits per heavy atom. The number of halogens is 1. The quantitative estimate of drug-likeness (QED) is 0.360. The van der Waals surface area contributed by atoms with E-state index in [9.17, 15) is 14.7 Å². The number of rotatable bonds is 4. The van der Waals surface area contributed by atoms with Crippen molar-refractivity contribution in [2.24, 2.45) is 0 Å². The summed E-state index contributed by atoms with van der Waals surface area (Å²) in [5.74, 6) is -1.13. The van der Waals surface area contributed by atoms with E-state index in [0.717, 1.165) is 5.56 Å². The van der Waals surface area contributed by atoms with Gasteiger partial charge < -0.3 is 9.84 Å². The van der Waals surface area contributed by atoms with Crippen LogP contribution in [0, 0.1) is 6.92 Å². The largest absolute Gasteiger partial charge is 0.507 e. The number of carbonyl (C=O) groups is 2. The molecule has 1 unspecified atom stereocenters. The van der Waals surface area contributed by atoms with E-state index in [1.807, 2.05) is 6.92 Å². The number of hydrogen-bond acceptors (Lipinski definition) is 6. The van der Waals surface area contributed by atoms with Crippen LogP contribution in [-0.4, -0.2) is 28.9 Å². The third-order valence-corrected chi connectivity index (χ3v) is 5.91. The van der Waals surface area contributed by atoms with Crippen molar-refractivity contribution in [1.29, 1.82) is 0 Å². The number of thiazole rings is 1. The van der Waals surface area contributed by atoms with Gasteiger partial charge in [-0.25, -0.2) is 4.98 Å². The normalized spacial score (nSPS) is 18.1. The minimum absolute atomic E-state index is 0.0120. The van der Waals surface area contributed by atoms with E-state index < -0.39 is 17.7 Å². The van der Waals surface area contributed by atoms with Gasteiger partial charge in [-0.3, -0.25) is 14.5 Å². The summed E-state index contributed by atoms with van der Waals surface area (Å²) in [4.78, 5) is 31.5. The van der Waals surface area contributed by atoms with Crippen LogP contribution in [0.4, 0.5) is 5.13 Å². The topological polar surface area (TPSA) is 79.7 Å². The predicted molar refractivity (Wildman–Crippen MR) is 116 cm³/mol. The molecule has 0 saturated carbocycles. The van der Waals surface area contributed by atoms with Gasteiger partial charge in [-0.05, 0) is 48.4 Å². The fourth-order valence-corrected chi connectivity index (χ4v) is 4.40. The van der Waals surface area contributed by atoms with Crippen molar-refractivity contribution >= 4 is 45.5 Å². The van der Waals surface area contributed by atoms with Crippen LogP contribution in [0.5, 0.6) is 5.75 Å². The summed E-state index contributed by atoms with van der Waals surface area (Å²) in [7, 11) is 1.56. The molecule has 1 saturated heterocycles. The first-order valence-electron chi connectivity index (χ1n) is 9.03. The van der Waals surface area contributed by atoms with Gasteiger partial charge in [0.2, 0.25) is 0 Å². The highest BCUT2D eigenvalue weighted by atomic mass is 35.5. The lowest BCUT2D eigenvalue weighted by molar-refractivity contribution is -0.132. The van der Waals surface area contributed by atoms with Crippen molar-refractivity contribution in [2.75, 3.05) is 12.0 Å². The smallest absolute Gasteiger partial charge is 0.301 e. The molecule has 0 spiro atoms. The van der Waals surface area contributed by atoms with Gasteiger partial charge in [0.05, 0.1) is 18.7 Å². The summed E-state index contributed by atoms with van der Waals surface area (Å²) >= 11 is 7.41. The monoisotopic (exact) mass is 440 g/mol. The summed E-state index contributed by atoms with van der Waals surface area (Å²) in [5.41, 5.74) is 1.79. The molecule has 1 aromatic heterocycles. The van der Waals surface area contributed by atoms with Gasteiger partial charge in [-0.1, -0.05) is 23.7 Å². The average molecular weight is 441 g/mol. The molecule has 6 nitrogen and oxygen atoms in total. The molecule has 30 heavy (non-hydrogen) atoms. The van der Waals surface area contributed by atoms with Gasteiger partial charge >= 0.3 is 5.91 Å². The summed E-state index contributed by atoms with van der Waals surface area (Å²) in [5, 5.41) is 13.6. The maximum absolute atomic E-state index is 13.0. The molecule has 1 atom stereocenters. The van der Waals surface area contributed by atoms with Gasteiger partial charge in [-0.2, -0.15) is 0 Å². The molecule has 1 fully saturated rings. The molecule has 0 radical (unpaired) electrons. The van der Waals surface area contributed by atoms with Gasteiger partial charge in [-0.15, -0.1) is 11.3 Å². The third kappa shape index (κ3) is 3.36. The van der Waals surface area contributed by atoms with Crippen molar-refractivity contribution in [1.82, 2.24) is 4.98 Å². The molecule has 152 valence electrons. The number of aryl methyl sites for hydroxylation is 1. The van der Waals surface area contributed by atoms with Crippen molar-refractivity contribution in [3.8, 4) is 5.75 Å². The Morgan fingerprint density at radius 1 is 1.23 bits per heavy atom. The average Bonchev–Trinajstić information content (AvgIpc) is 3.34. The summed E-state index contributed by atoms with van der Waals surface area (Å²) < 4.78 is 5.26. The Balaban J connectivity index is 1.94. The molecular formula is C22H17ClN2O4S. The summed E-state index contributed by atoms with van der Waals surface area (Å²) in [6.07, 6.45) is 1.56. The maximum atomic E-state index is 13.0. The third-order valence-electron chi connectivity index (χ3n) is 4.90. The Labute approximate surface area is 182 Å². The molecule has 1 aliphatic rings. The highest BCUT2D eigenvalue weighted by Gasteiger charge is 2.48. The zero-order valence-electron chi connectivity index (χ0n) is 16.1. The maximum Gasteiger partial charge on any atom is 0.301 e. The number of aromatic nitrogens is 1. The highest BCUT2D eigenvalue weighted by Crippen LogP contribution is 2.43. The minimum atomic E-state index is -0.850. The van der Waals surface area contributed by atoms with E-state index in [1.165, 1.54) is 16.2 Å². The number of nitrogens with zero attached hydrogens (tertiary/aromatic N) is 2. The lowest BCUT2D eigenvalue weighted by Crippen LogP contribution is -2.29. The number of hydrogen-bond donors (Lipinski definition) is 1. The van der Waals surface area contributed by atoms with E-state index in [4.69, 9.17) is 16.3 Å². The fraction of sp³-hybridized carbons (Fsp3) is 0.136. The molecule has 1 N–H and O–H groups in total. The lowest BCUT2D eigenvalue weighted by Gasteiger charge is -2.23. The SMILES string of the molecule is COc1ccc(/C(O)=C2\C(=O)C(=O)N(c3nccs3)C2c2cccc(Cl)c2)cc1C. The number of methoxy groups -OCH3 is 1. The molecule has 2 aromatic carbocycles. The fourth-order valence-electron chi connectivity index (χ4n) is 3.54. The first kappa shape index (κ1) is 20.1. The Morgan fingerprint density at radius 2 is 2.03 bits per heavy atom. The molecule has 2 heterocycles. The lowest BCUT2D eigenvalue weighted by atomic mass is 9.95. The van der Waals surface area contributed by atoms with E-state index in [-0.39, 0.29) is 11.3 Å². The Bertz CT molecular complexity index is 1170. The van der Waals surface area contributed by atoms with Gasteiger partial charge in [0, 0.05) is 22.2 Å². The summed E-state index contributed by atoms with van der Waals surface area (Å²) in [6, 6.07) is 11.1. The first-order valence-corrected chi connectivity index (χ1v) is 10.3. The number of Topliss-reactive ketones (excluding diaryl/α,β-unsaturated/α-hetero) is 1. The number of amides is 1. The van der Waals surface area contributed by atoms with E-state index in [0.29, 0.717) is 27.0 Å². The van der Waals surface area contributed by atoms with E-state index in [2.05, 4.69) is 4.98 Å². The molecule has 0 bridgehead atoms. The number of benzene rings is 2. The molecule has 1 aliphatic heterocycles. The second-order valence-corrected chi connectivity index (χ2v) is 8.03. The highest BCUT2D eigenvalue weighted by molar-refractivity contribution is 7.14. The zero-order valence-corrected chi connectivity index (χ0v) is 17.7. The molecule has 1 amide bonds. The number of ketones is 1. The first-order chi connectivity index (χ1) is 14.4. The molecule has 0 aliphatic carbocycles. The summed E-state index contributed by atoms with van der Waals surface area (Å²) in [6.45, 7) is 1.83. The second-order valence-electron chi connectivity index (χ2n) is 6.72. The standard InChI is InChI=1S/C22H17ClN2O4S/c1-12-10-14(6-7-16(12)29-2)19(26)17-18(13-4-3-5-15(23)11-13)25(21(28)20(17)27)22-24-8-9-30-22/h3-11,18,26H,1-2H3/b19-17+. The molecule has 4 rings (SSSR count). The minimum Gasteiger partial charge on any atom is -0.507 e. The predicted octanol–water partition coefficient (Wildman–Crippen LogP) is 4.74.